The van der Waals surface area contributed by atoms with Crippen LogP contribution in [-0.4, -0.2) is 24.3 Å². The van der Waals surface area contributed by atoms with Gasteiger partial charge in [0.05, 0.1) is 12.5 Å². The zero-order valence-electron chi connectivity index (χ0n) is 16.6. The van der Waals surface area contributed by atoms with Gasteiger partial charge in [-0.05, 0) is 29.8 Å². The van der Waals surface area contributed by atoms with E-state index in [0.29, 0.717) is 23.6 Å². The van der Waals surface area contributed by atoms with Gasteiger partial charge in [0.25, 0.3) is 5.91 Å². The number of hydrogen-bond donors (Lipinski definition) is 3. The first-order valence-electron chi connectivity index (χ1n) is 9.82. The molecule has 3 amide bonds. The lowest BCUT2D eigenvalue weighted by Gasteiger charge is -2.27. The van der Waals surface area contributed by atoms with Crippen LogP contribution < -0.4 is 21.1 Å². The number of fused-ring (bicyclic) bond motifs is 2. The molecular formula is C24H21N3O4. The van der Waals surface area contributed by atoms with Crippen LogP contribution in [0.1, 0.15) is 33.0 Å². The highest BCUT2D eigenvalue weighted by Crippen LogP contribution is 2.43. The smallest absolute Gasteiger partial charge is 0.251 e. The zero-order valence-corrected chi connectivity index (χ0v) is 16.6. The molecule has 1 heterocycles. The summed E-state index contributed by atoms with van der Waals surface area (Å²) in [5, 5.41) is 5.42. The zero-order chi connectivity index (χ0) is 21.8. The van der Waals surface area contributed by atoms with Crippen LogP contribution in [0.25, 0.3) is 0 Å². The van der Waals surface area contributed by atoms with Crippen LogP contribution in [0, 0.1) is 0 Å². The van der Waals surface area contributed by atoms with Crippen molar-refractivity contribution in [3.63, 3.8) is 0 Å². The number of ether oxygens (including phenoxy) is 1. The third kappa shape index (κ3) is 4.40. The molecule has 4 N–H and O–H groups in total. The van der Waals surface area contributed by atoms with Gasteiger partial charge in [-0.2, -0.15) is 0 Å². The number of primary amides is 1. The Hall–Kier alpha value is -4.13. The van der Waals surface area contributed by atoms with Crippen molar-refractivity contribution in [1.82, 2.24) is 10.6 Å². The van der Waals surface area contributed by atoms with E-state index in [1.54, 1.807) is 24.3 Å². The summed E-state index contributed by atoms with van der Waals surface area (Å²) in [6, 6.07) is 21.8. The fraction of sp³-hybridized carbons (Fsp3) is 0.125. The van der Waals surface area contributed by atoms with Crippen LogP contribution >= 0.6 is 0 Å². The van der Waals surface area contributed by atoms with Gasteiger partial charge < -0.3 is 21.1 Å². The topological polar surface area (TPSA) is 111 Å². The van der Waals surface area contributed by atoms with Crippen molar-refractivity contribution >= 4 is 17.7 Å². The summed E-state index contributed by atoms with van der Waals surface area (Å²) in [4.78, 5) is 35.9. The SMILES string of the molecule is NC(=O)CNC(=O)c1ccc(CNC(=O)C2c3ccccc3Oc3ccccc32)cc1. The molecule has 0 bridgehead atoms. The number of para-hydroxylation sites is 2. The second-order valence-corrected chi connectivity index (χ2v) is 7.17. The molecular weight excluding hydrogens is 394 g/mol. The average Bonchev–Trinajstić information content (AvgIpc) is 2.79. The molecule has 3 aromatic carbocycles. The normalized spacial score (nSPS) is 12.1. The molecule has 0 aliphatic carbocycles. The van der Waals surface area contributed by atoms with Crippen LogP contribution in [0.5, 0.6) is 11.5 Å². The van der Waals surface area contributed by atoms with Crippen LogP contribution in [-0.2, 0) is 16.1 Å². The van der Waals surface area contributed by atoms with E-state index < -0.39 is 11.8 Å². The van der Waals surface area contributed by atoms with Crippen LogP contribution in [0.15, 0.2) is 72.8 Å². The van der Waals surface area contributed by atoms with Crippen LogP contribution in [0.3, 0.4) is 0 Å². The number of carbonyl (C=O) groups is 3. The number of benzene rings is 3. The molecule has 7 nitrogen and oxygen atoms in total. The van der Waals surface area contributed by atoms with Gasteiger partial charge in [0.1, 0.15) is 11.5 Å². The summed E-state index contributed by atoms with van der Waals surface area (Å²) in [6.45, 7) is 0.0917. The first kappa shape index (κ1) is 20.2. The van der Waals surface area contributed by atoms with Crippen LogP contribution in [0.4, 0.5) is 0 Å². The molecule has 0 spiro atoms. The Morgan fingerprint density at radius 2 is 1.39 bits per heavy atom. The van der Waals surface area contributed by atoms with Crippen molar-refractivity contribution in [2.24, 2.45) is 5.73 Å². The van der Waals surface area contributed by atoms with Crippen molar-refractivity contribution in [1.29, 1.82) is 0 Å². The summed E-state index contributed by atoms with van der Waals surface area (Å²) in [5.41, 5.74) is 7.92. The second kappa shape index (κ2) is 8.71. The number of nitrogens with one attached hydrogen (secondary N) is 2. The Kier molecular flexibility index (Phi) is 5.66. The Labute approximate surface area is 179 Å². The minimum Gasteiger partial charge on any atom is -0.457 e. The molecule has 4 rings (SSSR count). The van der Waals surface area contributed by atoms with Gasteiger partial charge in [-0.15, -0.1) is 0 Å². The Bertz CT molecular complexity index is 1100. The summed E-state index contributed by atoms with van der Waals surface area (Å²) >= 11 is 0. The Morgan fingerprint density at radius 3 is 1.97 bits per heavy atom. The van der Waals surface area contributed by atoms with Gasteiger partial charge >= 0.3 is 0 Å². The second-order valence-electron chi connectivity index (χ2n) is 7.17. The molecule has 0 radical (unpaired) electrons. The van der Waals surface area contributed by atoms with E-state index in [2.05, 4.69) is 10.6 Å². The third-order valence-electron chi connectivity index (χ3n) is 5.05. The van der Waals surface area contributed by atoms with Gasteiger partial charge in [-0.3, -0.25) is 14.4 Å². The largest absolute Gasteiger partial charge is 0.457 e. The van der Waals surface area contributed by atoms with E-state index in [0.717, 1.165) is 16.7 Å². The molecule has 0 unspecified atom stereocenters. The predicted molar refractivity (Wildman–Crippen MR) is 115 cm³/mol. The van der Waals surface area contributed by atoms with E-state index in [-0.39, 0.29) is 18.4 Å². The van der Waals surface area contributed by atoms with Crippen molar-refractivity contribution in [2.75, 3.05) is 6.54 Å². The van der Waals surface area contributed by atoms with Gasteiger partial charge in [0.2, 0.25) is 11.8 Å². The summed E-state index contributed by atoms with van der Waals surface area (Å²) in [5.74, 6) is -0.249. The van der Waals surface area contributed by atoms with E-state index >= 15 is 0 Å². The van der Waals surface area contributed by atoms with Crippen molar-refractivity contribution < 1.29 is 19.1 Å². The maximum Gasteiger partial charge on any atom is 0.251 e. The minimum absolute atomic E-state index is 0.133. The average molecular weight is 415 g/mol. The van der Waals surface area contributed by atoms with E-state index in [9.17, 15) is 14.4 Å². The highest BCUT2D eigenvalue weighted by molar-refractivity contribution is 5.96. The molecule has 0 saturated heterocycles. The van der Waals surface area contributed by atoms with Crippen LogP contribution in [0.2, 0.25) is 0 Å². The van der Waals surface area contributed by atoms with E-state index in [1.165, 1.54) is 0 Å². The number of nitrogens with two attached hydrogens (primary N) is 1. The van der Waals surface area contributed by atoms with E-state index in [4.69, 9.17) is 10.5 Å². The summed E-state index contributed by atoms with van der Waals surface area (Å²) < 4.78 is 5.94. The molecule has 3 aromatic rings. The maximum absolute atomic E-state index is 13.1. The molecule has 0 aromatic heterocycles. The lowest BCUT2D eigenvalue weighted by molar-refractivity contribution is -0.122. The lowest BCUT2D eigenvalue weighted by Crippen LogP contribution is -2.33. The first-order valence-corrected chi connectivity index (χ1v) is 9.82. The highest BCUT2D eigenvalue weighted by atomic mass is 16.5. The monoisotopic (exact) mass is 415 g/mol. The lowest BCUT2D eigenvalue weighted by atomic mass is 9.87. The van der Waals surface area contributed by atoms with Gasteiger partial charge in [-0.1, -0.05) is 48.5 Å². The highest BCUT2D eigenvalue weighted by Gasteiger charge is 2.32. The molecule has 7 heteroatoms. The summed E-state index contributed by atoms with van der Waals surface area (Å²) in [6.07, 6.45) is 0. The molecule has 0 fully saturated rings. The van der Waals surface area contributed by atoms with E-state index in [1.807, 2.05) is 48.5 Å². The van der Waals surface area contributed by atoms with Crippen molar-refractivity contribution in [3.05, 3.63) is 95.1 Å². The molecule has 31 heavy (non-hydrogen) atoms. The molecule has 1 aliphatic heterocycles. The molecule has 1 aliphatic rings. The predicted octanol–water partition coefficient (Wildman–Crippen LogP) is 2.46. The Morgan fingerprint density at radius 1 is 0.806 bits per heavy atom. The quantitative estimate of drug-likeness (QED) is 0.574. The van der Waals surface area contributed by atoms with Gasteiger partial charge in [0.15, 0.2) is 0 Å². The Balaban J connectivity index is 1.46. The van der Waals surface area contributed by atoms with Gasteiger partial charge in [-0.25, -0.2) is 0 Å². The maximum atomic E-state index is 13.1. The van der Waals surface area contributed by atoms with Crippen molar-refractivity contribution in [2.45, 2.75) is 12.5 Å². The molecule has 156 valence electrons. The number of amides is 3. The molecule has 0 saturated carbocycles. The van der Waals surface area contributed by atoms with Gasteiger partial charge in [0, 0.05) is 23.2 Å². The fourth-order valence-corrected chi connectivity index (χ4v) is 3.53. The van der Waals surface area contributed by atoms with Crippen molar-refractivity contribution in [3.8, 4) is 11.5 Å². The standard InChI is InChI=1S/C24H21N3O4/c25-21(28)14-27-23(29)16-11-9-15(10-12-16)13-26-24(30)22-17-5-1-3-7-19(17)31-20-8-4-2-6-18(20)22/h1-12,22H,13-14H2,(H2,25,28)(H,26,30)(H,27,29). The number of hydrogen-bond acceptors (Lipinski definition) is 4. The molecule has 0 atom stereocenters. The summed E-state index contributed by atoms with van der Waals surface area (Å²) in [7, 11) is 0. The first-order chi connectivity index (χ1) is 15.0. The fourth-order valence-electron chi connectivity index (χ4n) is 3.53. The minimum atomic E-state index is -0.607. The number of carbonyl (C=O) groups excluding carboxylic acids is 3. The third-order valence-corrected chi connectivity index (χ3v) is 5.05. The number of rotatable bonds is 6.